The van der Waals surface area contributed by atoms with Crippen LogP contribution in [0.4, 0.5) is 5.69 Å². The van der Waals surface area contributed by atoms with E-state index in [1.165, 1.54) is 0 Å². The highest BCUT2D eigenvalue weighted by atomic mass is 35.5. The Morgan fingerprint density at radius 1 is 1.29 bits per heavy atom. The van der Waals surface area contributed by atoms with Gasteiger partial charge in [0.05, 0.1) is 12.1 Å². The third-order valence-corrected chi connectivity index (χ3v) is 3.14. The number of aliphatic carboxylic acids is 1. The highest BCUT2D eigenvalue weighted by Crippen LogP contribution is 2.28. The molecule has 0 heterocycles. The fourth-order valence-electron chi connectivity index (χ4n) is 1.88. The number of alkyl halides is 2. The van der Waals surface area contributed by atoms with Crippen LogP contribution in [-0.2, 0) is 4.79 Å². The molecule has 7 heteroatoms. The topological polar surface area (TPSA) is 75.8 Å². The number of nitrogens with two attached hydrogens (primary N) is 1. The van der Waals surface area contributed by atoms with Gasteiger partial charge < -0.3 is 20.5 Å². The number of hydrogen-bond acceptors (Lipinski definition) is 4. The minimum absolute atomic E-state index is 0.130. The number of hydrogen-bond donors (Lipinski definition) is 2. The molecular weight excluding hydrogens is 315 g/mol. The van der Waals surface area contributed by atoms with E-state index in [9.17, 15) is 4.79 Å². The molecule has 0 saturated carbocycles. The van der Waals surface area contributed by atoms with Crippen LogP contribution in [-0.4, -0.2) is 48.6 Å². The second kappa shape index (κ2) is 9.71. The molecule has 1 atom stereocenters. The summed E-state index contributed by atoms with van der Waals surface area (Å²) in [4.78, 5) is 12.6. The lowest BCUT2D eigenvalue weighted by molar-refractivity contribution is -0.137. The standard InChI is InChI=1S/C14H20Cl2N2O3/c15-5-7-18(8-6-16)12-3-1-2-4-13(12)21-10-11(17)9-14(19)20/h1-4,11H,5-10,17H2,(H,19,20). The van der Waals surface area contributed by atoms with Gasteiger partial charge in [0, 0.05) is 30.9 Å². The molecule has 0 aliphatic heterocycles. The Labute approximate surface area is 134 Å². The zero-order valence-electron chi connectivity index (χ0n) is 11.7. The number of carbonyl (C=O) groups is 1. The smallest absolute Gasteiger partial charge is 0.305 e. The molecule has 0 aliphatic carbocycles. The first kappa shape index (κ1) is 17.9. The molecule has 21 heavy (non-hydrogen) atoms. The summed E-state index contributed by atoms with van der Waals surface area (Å²) in [5.41, 5.74) is 6.58. The molecule has 1 rings (SSSR count). The van der Waals surface area contributed by atoms with Crippen LogP contribution in [0.3, 0.4) is 0 Å². The Balaban J connectivity index is 2.75. The molecule has 5 nitrogen and oxygen atoms in total. The average molecular weight is 335 g/mol. The van der Waals surface area contributed by atoms with Crippen molar-refractivity contribution < 1.29 is 14.6 Å². The lowest BCUT2D eigenvalue weighted by Crippen LogP contribution is -2.31. The number of rotatable bonds is 10. The van der Waals surface area contributed by atoms with E-state index in [4.69, 9.17) is 38.8 Å². The molecule has 0 aliphatic rings. The third-order valence-electron chi connectivity index (χ3n) is 2.80. The van der Waals surface area contributed by atoms with Gasteiger partial charge in [-0.05, 0) is 12.1 Å². The number of anilines is 1. The SMILES string of the molecule is NC(COc1ccccc1N(CCCl)CCCl)CC(=O)O. The van der Waals surface area contributed by atoms with Crippen molar-refractivity contribution in [3.05, 3.63) is 24.3 Å². The van der Waals surface area contributed by atoms with E-state index >= 15 is 0 Å². The van der Waals surface area contributed by atoms with Crippen LogP contribution in [0.15, 0.2) is 24.3 Å². The highest BCUT2D eigenvalue weighted by molar-refractivity contribution is 6.18. The summed E-state index contributed by atoms with van der Waals surface area (Å²) in [6.45, 7) is 1.44. The second-order valence-corrected chi connectivity index (χ2v) is 5.26. The number of benzene rings is 1. The molecule has 1 aromatic carbocycles. The largest absolute Gasteiger partial charge is 0.490 e. The summed E-state index contributed by atoms with van der Waals surface area (Å²) in [5, 5.41) is 8.69. The number of carboxylic acids is 1. The molecular formula is C14H20Cl2N2O3. The first-order valence-corrected chi connectivity index (χ1v) is 7.71. The van der Waals surface area contributed by atoms with Crippen molar-refractivity contribution in [2.75, 3.05) is 36.4 Å². The van der Waals surface area contributed by atoms with Crippen LogP contribution in [0.25, 0.3) is 0 Å². The van der Waals surface area contributed by atoms with Crippen molar-refractivity contribution in [2.24, 2.45) is 5.73 Å². The van der Waals surface area contributed by atoms with Crippen LogP contribution >= 0.6 is 23.2 Å². The summed E-state index contributed by atoms with van der Waals surface area (Å²) in [5.74, 6) is 0.659. The zero-order chi connectivity index (χ0) is 15.7. The maximum Gasteiger partial charge on any atom is 0.305 e. The van der Waals surface area contributed by atoms with Gasteiger partial charge in [-0.3, -0.25) is 4.79 Å². The van der Waals surface area contributed by atoms with E-state index in [-0.39, 0.29) is 13.0 Å². The molecule has 1 aromatic rings. The van der Waals surface area contributed by atoms with Crippen molar-refractivity contribution >= 4 is 34.9 Å². The van der Waals surface area contributed by atoms with Gasteiger partial charge in [0.15, 0.2) is 0 Å². The highest BCUT2D eigenvalue weighted by Gasteiger charge is 2.13. The van der Waals surface area contributed by atoms with Crippen molar-refractivity contribution in [2.45, 2.75) is 12.5 Å². The van der Waals surface area contributed by atoms with Crippen molar-refractivity contribution in [1.29, 1.82) is 0 Å². The Hall–Kier alpha value is -1.17. The molecule has 0 bridgehead atoms. The van der Waals surface area contributed by atoms with E-state index in [1.807, 2.05) is 29.2 Å². The number of carboxylic acid groups (broad SMARTS) is 1. The minimum Gasteiger partial charge on any atom is -0.490 e. The molecule has 0 fully saturated rings. The summed E-state index contributed by atoms with van der Waals surface area (Å²) in [6.07, 6.45) is -0.130. The summed E-state index contributed by atoms with van der Waals surface area (Å²) in [6, 6.07) is 6.93. The minimum atomic E-state index is -0.940. The fraction of sp³-hybridized carbons (Fsp3) is 0.500. The van der Waals surface area contributed by atoms with Gasteiger partial charge in [-0.1, -0.05) is 12.1 Å². The maximum atomic E-state index is 10.6. The monoisotopic (exact) mass is 334 g/mol. The Kier molecular flexibility index (Phi) is 8.27. The molecule has 118 valence electrons. The van der Waals surface area contributed by atoms with Gasteiger partial charge in [-0.2, -0.15) is 0 Å². The van der Waals surface area contributed by atoms with Gasteiger partial charge in [0.1, 0.15) is 12.4 Å². The molecule has 0 saturated heterocycles. The molecule has 0 radical (unpaired) electrons. The summed E-state index contributed by atoms with van der Waals surface area (Å²) >= 11 is 11.6. The fourth-order valence-corrected chi connectivity index (χ4v) is 2.29. The van der Waals surface area contributed by atoms with E-state index in [0.717, 1.165) is 5.69 Å². The van der Waals surface area contributed by atoms with E-state index in [2.05, 4.69) is 0 Å². The van der Waals surface area contributed by atoms with Gasteiger partial charge in [0.25, 0.3) is 0 Å². The maximum absolute atomic E-state index is 10.6. The van der Waals surface area contributed by atoms with Gasteiger partial charge in [-0.15, -0.1) is 23.2 Å². The van der Waals surface area contributed by atoms with Crippen LogP contribution in [0.1, 0.15) is 6.42 Å². The Morgan fingerprint density at radius 2 is 1.90 bits per heavy atom. The molecule has 3 N–H and O–H groups in total. The quantitative estimate of drug-likeness (QED) is 0.641. The molecule has 1 unspecified atom stereocenters. The summed E-state index contributed by atoms with van der Waals surface area (Å²) in [7, 11) is 0. The van der Waals surface area contributed by atoms with E-state index in [1.54, 1.807) is 0 Å². The number of para-hydroxylation sites is 2. The summed E-state index contributed by atoms with van der Waals surface area (Å²) < 4.78 is 5.66. The Morgan fingerprint density at radius 3 is 2.48 bits per heavy atom. The van der Waals surface area contributed by atoms with Gasteiger partial charge in [0.2, 0.25) is 0 Å². The number of nitrogens with zero attached hydrogens (tertiary/aromatic N) is 1. The lowest BCUT2D eigenvalue weighted by Gasteiger charge is -2.25. The predicted molar refractivity (Wildman–Crippen MR) is 85.8 cm³/mol. The first-order valence-electron chi connectivity index (χ1n) is 6.64. The second-order valence-electron chi connectivity index (χ2n) is 4.50. The zero-order valence-corrected chi connectivity index (χ0v) is 13.2. The number of halogens is 2. The normalized spacial score (nSPS) is 12.0. The van der Waals surface area contributed by atoms with E-state index < -0.39 is 12.0 Å². The lowest BCUT2D eigenvalue weighted by atomic mass is 10.2. The molecule has 0 spiro atoms. The van der Waals surface area contributed by atoms with Gasteiger partial charge in [-0.25, -0.2) is 0 Å². The van der Waals surface area contributed by atoms with Crippen LogP contribution in [0.2, 0.25) is 0 Å². The van der Waals surface area contributed by atoms with Crippen molar-refractivity contribution in [1.82, 2.24) is 0 Å². The Bertz CT molecular complexity index is 440. The molecule has 0 amide bonds. The average Bonchev–Trinajstić information content (AvgIpc) is 2.44. The number of ether oxygens (including phenoxy) is 1. The van der Waals surface area contributed by atoms with Crippen LogP contribution in [0, 0.1) is 0 Å². The van der Waals surface area contributed by atoms with Crippen LogP contribution < -0.4 is 15.4 Å². The van der Waals surface area contributed by atoms with E-state index in [0.29, 0.717) is 30.6 Å². The molecule has 0 aromatic heterocycles. The van der Waals surface area contributed by atoms with Crippen LogP contribution in [0.5, 0.6) is 5.75 Å². The predicted octanol–water partition coefficient (Wildman–Crippen LogP) is 2.15. The van der Waals surface area contributed by atoms with Crippen molar-refractivity contribution in [3.63, 3.8) is 0 Å². The first-order chi connectivity index (χ1) is 10.1. The van der Waals surface area contributed by atoms with Gasteiger partial charge >= 0.3 is 5.97 Å². The third kappa shape index (κ3) is 6.42. The van der Waals surface area contributed by atoms with Crippen molar-refractivity contribution in [3.8, 4) is 5.75 Å².